The van der Waals surface area contributed by atoms with Crippen molar-refractivity contribution < 1.29 is 9.84 Å². The molecule has 0 unspecified atom stereocenters. The fourth-order valence-electron chi connectivity index (χ4n) is 1.83. The molecule has 18 heavy (non-hydrogen) atoms. The summed E-state index contributed by atoms with van der Waals surface area (Å²) in [5.41, 5.74) is 8.11. The van der Waals surface area contributed by atoms with E-state index in [9.17, 15) is 5.11 Å². The third-order valence-electron chi connectivity index (χ3n) is 2.95. The minimum absolute atomic E-state index is 0.0906. The number of anilines is 1. The van der Waals surface area contributed by atoms with Gasteiger partial charge in [-0.1, -0.05) is 6.92 Å². The summed E-state index contributed by atoms with van der Waals surface area (Å²) in [6.07, 6.45) is 0.853. The quantitative estimate of drug-likeness (QED) is 0.869. The average molecular weight is 247 g/mol. The van der Waals surface area contributed by atoms with E-state index in [2.05, 4.69) is 5.10 Å². The number of ether oxygens (including phenoxy) is 1. The van der Waals surface area contributed by atoms with Gasteiger partial charge in [0.15, 0.2) is 11.5 Å². The van der Waals surface area contributed by atoms with Gasteiger partial charge < -0.3 is 15.6 Å². The van der Waals surface area contributed by atoms with Crippen molar-refractivity contribution in [2.45, 2.75) is 13.3 Å². The molecule has 0 radical (unpaired) electrons. The fraction of sp³-hybridized carbons (Fsp3) is 0.308. The molecule has 1 heterocycles. The standard InChI is InChI=1S/C13H17N3O2/c1-4-8-5-9(13(17)11(6-8)18-3)10-7-12(14)16(2)15-10/h5-7,17H,4,14H2,1-3H3. The molecule has 0 spiro atoms. The van der Waals surface area contributed by atoms with E-state index >= 15 is 0 Å². The monoisotopic (exact) mass is 247 g/mol. The molecule has 0 aliphatic carbocycles. The van der Waals surface area contributed by atoms with E-state index in [1.54, 1.807) is 17.8 Å². The zero-order chi connectivity index (χ0) is 13.3. The molecule has 0 saturated carbocycles. The molecular weight excluding hydrogens is 230 g/mol. The smallest absolute Gasteiger partial charge is 0.167 e. The first-order valence-corrected chi connectivity index (χ1v) is 5.76. The largest absolute Gasteiger partial charge is 0.504 e. The molecule has 5 heteroatoms. The molecular formula is C13H17N3O2. The van der Waals surface area contributed by atoms with Crippen molar-refractivity contribution in [2.75, 3.05) is 12.8 Å². The highest BCUT2D eigenvalue weighted by Crippen LogP contribution is 2.38. The number of nitrogens with zero attached hydrogens (tertiary/aromatic N) is 2. The Hall–Kier alpha value is -2.17. The number of benzene rings is 1. The van der Waals surface area contributed by atoms with E-state index in [1.165, 1.54) is 7.11 Å². The van der Waals surface area contributed by atoms with E-state index in [0.29, 0.717) is 22.8 Å². The van der Waals surface area contributed by atoms with Crippen molar-refractivity contribution in [3.05, 3.63) is 23.8 Å². The van der Waals surface area contributed by atoms with E-state index in [-0.39, 0.29) is 5.75 Å². The van der Waals surface area contributed by atoms with Gasteiger partial charge in [0.1, 0.15) is 5.82 Å². The summed E-state index contributed by atoms with van der Waals surface area (Å²) in [6, 6.07) is 5.46. The molecule has 0 aliphatic heterocycles. The lowest BCUT2D eigenvalue weighted by Gasteiger charge is -2.09. The van der Waals surface area contributed by atoms with Crippen LogP contribution in [-0.2, 0) is 13.5 Å². The van der Waals surface area contributed by atoms with Crippen LogP contribution in [0.5, 0.6) is 11.5 Å². The Morgan fingerprint density at radius 2 is 2.11 bits per heavy atom. The molecule has 0 saturated heterocycles. The molecule has 0 bridgehead atoms. The Morgan fingerprint density at radius 1 is 1.39 bits per heavy atom. The lowest BCUT2D eigenvalue weighted by molar-refractivity contribution is 0.374. The maximum absolute atomic E-state index is 10.1. The van der Waals surface area contributed by atoms with Crippen LogP contribution in [0.3, 0.4) is 0 Å². The van der Waals surface area contributed by atoms with Crippen molar-refractivity contribution in [3.63, 3.8) is 0 Å². The average Bonchev–Trinajstić information content (AvgIpc) is 2.69. The summed E-state index contributed by atoms with van der Waals surface area (Å²) < 4.78 is 6.74. The molecule has 3 N–H and O–H groups in total. The summed E-state index contributed by atoms with van der Waals surface area (Å²) in [5, 5.41) is 14.4. The number of hydrogen-bond donors (Lipinski definition) is 2. The number of aromatic nitrogens is 2. The number of phenols is 1. The molecule has 5 nitrogen and oxygen atoms in total. The summed E-state index contributed by atoms with van der Waals surface area (Å²) in [6.45, 7) is 2.04. The van der Waals surface area contributed by atoms with Crippen LogP contribution < -0.4 is 10.5 Å². The van der Waals surface area contributed by atoms with E-state index in [1.807, 2.05) is 19.1 Å². The highest BCUT2D eigenvalue weighted by atomic mass is 16.5. The van der Waals surface area contributed by atoms with E-state index < -0.39 is 0 Å². The van der Waals surface area contributed by atoms with Gasteiger partial charge in [-0.25, -0.2) is 0 Å². The lowest BCUT2D eigenvalue weighted by atomic mass is 10.0. The Bertz CT molecular complexity index is 556. The summed E-state index contributed by atoms with van der Waals surface area (Å²) in [4.78, 5) is 0. The second-order valence-electron chi connectivity index (χ2n) is 4.13. The Labute approximate surface area is 106 Å². The van der Waals surface area contributed by atoms with Gasteiger partial charge in [0.05, 0.1) is 12.8 Å². The SMILES string of the molecule is CCc1cc(OC)c(O)c(-c2cc(N)n(C)n2)c1. The van der Waals surface area contributed by atoms with Crippen molar-refractivity contribution in [1.29, 1.82) is 0 Å². The minimum Gasteiger partial charge on any atom is -0.504 e. The van der Waals surface area contributed by atoms with Crippen LogP contribution in [0, 0.1) is 0 Å². The van der Waals surface area contributed by atoms with E-state index in [4.69, 9.17) is 10.5 Å². The molecule has 0 fully saturated rings. The predicted molar refractivity (Wildman–Crippen MR) is 70.7 cm³/mol. The maximum Gasteiger partial charge on any atom is 0.167 e. The van der Waals surface area contributed by atoms with Crippen LogP contribution in [0.15, 0.2) is 18.2 Å². The number of nitrogen functional groups attached to an aromatic ring is 1. The molecule has 2 aromatic rings. The van der Waals surface area contributed by atoms with Crippen LogP contribution in [0.2, 0.25) is 0 Å². The van der Waals surface area contributed by atoms with Gasteiger partial charge in [-0.15, -0.1) is 0 Å². The van der Waals surface area contributed by atoms with Crippen molar-refractivity contribution in [3.8, 4) is 22.8 Å². The normalized spacial score (nSPS) is 10.6. The van der Waals surface area contributed by atoms with Gasteiger partial charge in [0.25, 0.3) is 0 Å². The van der Waals surface area contributed by atoms with Gasteiger partial charge in [-0.3, -0.25) is 4.68 Å². The third-order valence-corrected chi connectivity index (χ3v) is 2.95. The van der Waals surface area contributed by atoms with Gasteiger partial charge in [-0.05, 0) is 24.1 Å². The third kappa shape index (κ3) is 1.99. The van der Waals surface area contributed by atoms with Gasteiger partial charge >= 0.3 is 0 Å². The van der Waals surface area contributed by atoms with Crippen molar-refractivity contribution in [2.24, 2.45) is 7.05 Å². The first kappa shape index (κ1) is 12.3. The Morgan fingerprint density at radius 3 is 2.61 bits per heavy atom. The molecule has 96 valence electrons. The number of aryl methyl sites for hydroxylation is 2. The first-order chi connectivity index (χ1) is 8.56. The molecule has 0 amide bonds. The molecule has 0 atom stereocenters. The number of methoxy groups -OCH3 is 1. The number of rotatable bonds is 3. The molecule has 1 aromatic carbocycles. The fourth-order valence-corrected chi connectivity index (χ4v) is 1.83. The first-order valence-electron chi connectivity index (χ1n) is 5.76. The molecule has 0 aliphatic rings. The number of nitrogens with two attached hydrogens (primary N) is 1. The highest BCUT2D eigenvalue weighted by molar-refractivity contribution is 5.73. The van der Waals surface area contributed by atoms with Crippen LogP contribution in [0.4, 0.5) is 5.82 Å². The topological polar surface area (TPSA) is 73.3 Å². The Balaban J connectivity index is 2.62. The number of hydrogen-bond acceptors (Lipinski definition) is 4. The van der Waals surface area contributed by atoms with Crippen LogP contribution in [0.1, 0.15) is 12.5 Å². The number of phenolic OH excluding ortho intramolecular Hbond substituents is 1. The summed E-state index contributed by atoms with van der Waals surface area (Å²) in [7, 11) is 3.29. The zero-order valence-corrected chi connectivity index (χ0v) is 10.8. The van der Waals surface area contributed by atoms with Gasteiger partial charge in [-0.2, -0.15) is 5.10 Å². The van der Waals surface area contributed by atoms with Gasteiger partial charge in [0, 0.05) is 18.7 Å². The zero-order valence-electron chi connectivity index (χ0n) is 10.8. The van der Waals surface area contributed by atoms with E-state index in [0.717, 1.165) is 12.0 Å². The molecule has 1 aromatic heterocycles. The van der Waals surface area contributed by atoms with Crippen LogP contribution in [0.25, 0.3) is 11.3 Å². The van der Waals surface area contributed by atoms with Crippen LogP contribution >= 0.6 is 0 Å². The Kier molecular flexibility index (Phi) is 3.14. The number of aromatic hydroxyl groups is 1. The second-order valence-corrected chi connectivity index (χ2v) is 4.13. The minimum atomic E-state index is 0.0906. The predicted octanol–water partition coefficient (Wildman–Crippen LogP) is 1.95. The van der Waals surface area contributed by atoms with Crippen LogP contribution in [-0.4, -0.2) is 22.0 Å². The lowest BCUT2D eigenvalue weighted by Crippen LogP contribution is -1.96. The van der Waals surface area contributed by atoms with Crippen molar-refractivity contribution >= 4 is 5.82 Å². The maximum atomic E-state index is 10.1. The highest BCUT2D eigenvalue weighted by Gasteiger charge is 2.15. The summed E-state index contributed by atoms with van der Waals surface area (Å²) in [5.74, 6) is 1.09. The second kappa shape index (κ2) is 4.60. The van der Waals surface area contributed by atoms with Gasteiger partial charge in [0.2, 0.25) is 0 Å². The summed E-state index contributed by atoms with van der Waals surface area (Å²) >= 11 is 0. The molecule has 2 rings (SSSR count). The van der Waals surface area contributed by atoms with Crippen molar-refractivity contribution in [1.82, 2.24) is 9.78 Å².